The van der Waals surface area contributed by atoms with Gasteiger partial charge in [0.1, 0.15) is 8.07 Å². The third kappa shape index (κ3) is 4.23. The van der Waals surface area contributed by atoms with Gasteiger partial charge in [-0.2, -0.15) is 0 Å². The first kappa shape index (κ1) is 30.1. The Morgan fingerprint density at radius 3 is 1.64 bits per heavy atom. The second kappa shape index (κ2) is 11.2. The molecular weight excluding hydrogens is 661 g/mol. The zero-order chi connectivity index (χ0) is 35.3. The predicted octanol–water partition coefficient (Wildman–Crippen LogP) is 10.8. The summed E-state index contributed by atoms with van der Waals surface area (Å²) in [5.41, 5.74) is 12.5. The molecule has 1 aliphatic heterocycles. The van der Waals surface area contributed by atoms with Gasteiger partial charge in [0.2, 0.25) is 0 Å². The van der Waals surface area contributed by atoms with Crippen molar-refractivity contribution >= 4 is 62.1 Å². The van der Waals surface area contributed by atoms with Crippen LogP contribution in [0.3, 0.4) is 0 Å². The fraction of sp³-hybridized carbons (Fsp3) is 0.0417. The van der Waals surface area contributed by atoms with Gasteiger partial charge in [0.25, 0.3) is 0 Å². The lowest BCUT2D eigenvalue weighted by Gasteiger charge is -2.23. The molecule has 0 saturated carbocycles. The van der Waals surface area contributed by atoms with Crippen LogP contribution in [0.5, 0.6) is 0 Å². The van der Waals surface area contributed by atoms with Crippen LogP contribution in [0.4, 0.5) is 0 Å². The van der Waals surface area contributed by atoms with E-state index in [-0.39, 0.29) is 0 Å². The highest BCUT2D eigenvalue weighted by Crippen LogP contribution is 2.44. The van der Waals surface area contributed by atoms with Crippen molar-refractivity contribution in [3.05, 3.63) is 170 Å². The van der Waals surface area contributed by atoms with E-state index in [0.717, 1.165) is 39.7 Å². The molecule has 0 spiro atoms. The summed E-state index contributed by atoms with van der Waals surface area (Å²) in [5.74, 6) is 0.758. The molecule has 0 aliphatic carbocycles. The minimum Gasteiger partial charge on any atom is -0.309 e. The summed E-state index contributed by atoms with van der Waals surface area (Å²) < 4.78 is 4.88. The van der Waals surface area contributed by atoms with Crippen LogP contribution in [0.2, 0.25) is 13.1 Å². The molecule has 0 fully saturated rings. The number of aromatic nitrogens is 4. The molecule has 7 aromatic carbocycles. The fourth-order valence-corrected chi connectivity index (χ4v) is 12.3. The van der Waals surface area contributed by atoms with Crippen molar-refractivity contribution in [1.29, 1.82) is 0 Å². The van der Waals surface area contributed by atoms with Crippen molar-refractivity contribution in [2.45, 2.75) is 13.1 Å². The molecule has 250 valence electrons. The Morgan fingerprint density at radius 1 is 0.434 bits per heavy atom. The summed E-state index contributed by atoms with van der Waals surface area (Å²) in [6, 6.07) is 61.2. The predicted molar refractivity (Wildman–Crippen MR) is 224 cm³/mol. The third-order valence-electron chi connectivity index (χ3n) is 11.3. The zero-order valence-corrected chi connectivity index (χ0v) is 30.5. The molecular formula is C48H34N4Si. The summed E-state index contributed by atoms with van der Waals surface area (Å²) in [5, 5.41) is 7.74. The van der Waals surface area contributed by atoms with E-state index in [1.807, 2.05) is 0 Å². The lowest BCUT2D eigenvalue weighted by atomic mass is 10.0. The van der Waals surface area contributed by atoms with Crippen molar-refractivity contribution in [2.75, 3.05) is 0 Å². The summed E-state index contributed by atoms with van der Waals surface area (Å²) in [7, 11) is -2.18. The van der Waals surface area contributed by atoms with Gasteiger partial charge < -0.3 is 9.13 Å². The van der Waals surface area contributed by atoms with Gasteiger partial charge in [0.15, 0.2) is 5.82 Å². The second-order valence-electron chi connectivity index (χ2n) is 14.6. The van der Waals surface area contributed by atoms with Crippen LogP contribution in [0.25, 0.3) is 88.9 Å². The van der Waals surface area contributed by atoms with E-state index in [9.17, 15) is 0 Å². The zero-order valence-electron chi connectivity index (χ0n) is 29.5. The lowest BCUT2D eigenvalue weighted by molar-refractivity contribution is 1.16. The molecule has 4 heterocycles. The Hall–Kier alpha value is -6.56. The molecule has 53 heavy (non-hydrogen) atoms. The van der Waals surface area contributed by atoms with Crippen molar-refractivity contribution in [3.63, 3.8) is 0 Å². The minimum absolute atomic E-state index is 0.758. The molecule has 0 radical (unpaired) electrons. The Kier molecular flexibility index (Phi) is 6.37. The number of hydrogen-bond acceptors (Lipinski definition) is 2. The Bertz CT molecular complexity index is 3080. The molecule has 0 bridgehead atoms. The van der Waals surface area contributed by atoms with Gasteiger partial charge in [-0.1, -0.05) is 140 Å². The maximum atomic E-state index is 5.53. The number of fused-ring (bicyclic) bond motifs is 10. The van der Waals surface area contributed by atoms with Crippen molar-refractivity contribution < 1.29 is 0 Å². The molecule has 10 aromatic rings. The quantitative estimate of drug-likeness (QED) is 0.172. The Morgan fingerprint density at radius 2 is 0.943 bits per heavy atom. The first-order chi connectivity index (χ1) is 26.1. The number of nitrogens with zero attached hydrogens (tertiary/aromatic N) is 4. The molecule has 11 rings (SSSR count). The summed E-state index contributed by atoms with van der Waals surface area (Å²) in [6.07, 6.45) is 0. The average Bonchev–Trinajstić information content (AvgIpc) is 3.81. The SMILES string of the molecule is C[Si]1(C)c2ccccc2-c2nc(-c3ccccc3)nc(-c3ccccc3-n3c4ccccc4c4c5c6ccccc6n(-c6ccccc6)c5ccc43)c21. The molecule has 4 nitrogen and oxygen atoms in total. The van der Waals surface area contributed by atoms with E-state index in [2.05, 4.69) is 192 Å². The molecule has 3 aromatic heterocycles. The number of rotatable bonds is 4. The normalized spacial score (nSPS) is 13.2. The van der Waals surface area contributed by atoms with Crippen molar-refractivity contribution in [1.82, 2.24) is 19.1 Å². The highest BCUT2D eigenvalue weighted by Gasteiger charge is 2.42. The van der Waals surface area contributed by atoms with Gasteiger partial charge in [0.05, 0.1) is 39.1 Å². The monoisotopic (exact) mass is 694 g/mol. The summed E-state index contributed by atoms with van der Waals surface area (Å²) in [6.45, 7) is 4.91. The van der Waals surface area contributed by atoms with Crippen molar-refractivity contribution in [3.8, 4) is 45.3 Å². The minimum atomic E-state index is -2.18. The highest BCUT2D eigenvalue weighted by molar-refractivity contribution is 7.04. The molecule has 0 atom stereocenters. The lowest BCUT2D eigenvalue weighted by Crippen LogP contribution is -2.50. The smallest absolute Gasteiger partial charge is 0.160 e. The average molecular weight is 695 g/mol. The molecule has 1 aliphatic rings. The van der Waals surface area contributed by atoms with E-state index in [1.165, 1.54) is 59.5 Å². The molecule has 5 heteroatoms. The first-order valence-electron chi connectivity index (χ1n) is 18.3. The van der Waals surface area contributed by atoms with E-state index >= 15 is 0 Å². The Labute approximate surface area is 308 Å². The number of benzene rings is 7. The van der Waals surface area contributed by atoms with E-state index in [1.54, 1.807) is 0 Å². The highest BCUT2D eigenvalue weighted by atomic mass is 28.3. The number of hydrogen-bond donors (Lipinski definition) is 0. The van der Waals surface area contributed by atoms with Gasteiger partial charge in [-0.05, 0) is 58.4 Å². The fourth-order valence-electron chi connectivity index (χ4n) is 9.03. The van der Waals surface area contributed by atoms with Crippen LogP contribution in [0.15, 0.2) is 170 Å². The third-order valence-corrected chi connectivity index (χ3v) is 14.8. The molecule has 0 N–H and O–H groups in total. The van der Waals surface area contributed by atoms with E-state index in [4.69, 9.17) is 9.97 Å². The van der Waals surface area contributed by atoms with Gasteiger partial charge >= 0.3 is 0 Å². The summed E-state index contributed by atoms with van der Waals surface area (Å²) in [4.78, 5) is 10.9. The van der Waals surface area contributed by atoms with Crippen LogP contribution in [-0.2, 0) is 0 Å². The maximum Gasteiger partial charge on any atom is 0.160 e. The molecule has 0 unspecified atom stereocenters. The standard InChI is InChI=1S/C48H34N4Si/c1-53(2)42-28-16-12-24-36(42)46-47(53)45(49-48(50-46)31-17-5-3-6-18-31)35-23-11-15-27-39(35)52-38-26-14-10-22-34(38)44-41(52)30-29-40-43(44)33-21-9-13-25-37(33)51(40)32-19-7-4-8-20-32/h3-30H,1-2H3. The first-order valence-corrected chi connectivity index (χ1v) is 21.3. The summed E-state index contributed by atoms with van der Waals surface area (Å²) >= 11 is 0. The van der Waals surface area contributed by atoms with Crippen LogP contribution >= 0.6 is 0 Å². The molecule has 0 saturated heterocycles. The largest absolute Gasteiger partial charge is 0.309 e. The topological polar surface area (TPSA) is 35.6 Å². The number of para-hydroxylation sites is 4. The van der Waals surface area contributed by atoms with Crippen molar-refractivity contribution in [2.24, 2.45) is 0 Å². The van der Waals surface area contributed by atoms with Gasteiger partial charge in [-0.25, -0.2) is 9.97 Å². The van der Waals surface area contributed by atoms with Crippen LogP contribution in [0.1, 0.15) is 0 Å². The van der Waals surface area contributed by atoms with Crippen LogP contribution in [-0.4, -0.2) is 27.2 Å². The maximum absolute atomic E-state index is 5.53. The van der Waals surface area contributed by atoms with Gasteiger partial charge in [-0.3, -0.25) is 0 Å². The van der Waals surface area contributed by atoms with Crippen LogP contribution < -0.4 is 10.4 Å². The van der Waals surface area contributed by atoms with Gasteiger partial charge in [-0.15, -0.1) is 0 Å². The Balaban J connectivity index is 1.25. The van der Waals surface area contributed by atoms with E-state index < -0.39 is 8.07 Å². The van der Waals surface area contributed by atoms with Gasteiger partial charge in [0, 0.05) is 38.4 Å². The molecule has 0 amide bonds. The van der Waals surface area contributed by atoms with E-state index in [0.29, 0.717) is 0 Å². The second-order valence-corrected chi connectivity index (χ2v) is 18.9. The van der Waals surface area contributed by atoms with Crippen LogP contribution in [0, 0.1) is 0 Å².